The van der Waals surface area contributed by atoms with Crippen molar-refractivity contribution in [2.24, 2.45) is 4.99 Å². The molecule has 2 aromatic rings. The van der Waals surface area contributed by atoms with E-state index in [1.807, 2.05) is 36.5 Å². The smallest absolute Gasteiger partial charge is 0.191 e. The lowest BCUT2D eigenvalue weighted by molar-refractivity contribution is 0.617. The lowest BCUT2D eigenvalue weighted by Gasteiger charge is -2.19. The molecule has 0 bridgehead atoms. The van der Waals surface area contributed by atoms with Gasteiger partial charge < -0.3 is 10.6 Å². The average molecular weight is 454 g/mol. The number of hydrogen-bond acceptors (Lipinski definition) is 2. The Balaban J connectivity index is 0.00000225. The first kappa shape index (κ1) is 19.6. The Bertz CT molecular complexity index is 684. The van der Waals surface area contributed by atoms with Crippen molar-refractivity contribution < 1.29 is 4.39 Å². The molecule has 2 N–H and O–H groups in total. The van der Waals surface area contributed by atoms with Crippen LogP contribution in [0.1, 0.15) is 24.1 Å². The second-order valence-corrected chi connectivity index (χ2v) is 6.21. The maximum absolute atomic E-state index is 13.1. The van der Waals surface area contributed by atoms with E-state index in [0.717, 1.165) is 44.0 Å². The molecule has 6 heteroatoms. The number of aliphatic imine (C=N–C) groups is 1. The Morgan fingerprint density at radius 1 is 1.16 bits per heavy atom. The van der Waals surface area contributed by atoms with Crippen LogP contribution in [-0.2, 0) is 11.8 Å². The molecule has 0 atom stereocenters. The third-order valence-electron chi connectivity index (χ3n) is 4.53. The summed E-state index contributed by atoms with van der Waals surface area (Å²) in [6.45, 7) is 1.59. The number of pyridine rings is 1. The van der Waals surface area contributed by atoms with Gasteiger partial charge >= 0.3 is 0 Å². The fourth-order valence-electron chi connectivity index (χ4n) is 2.85. The summed E-state index contributed by atoms with van der Waals surface area (Å²) in [4.78, 5) is 8.58. The monoisotopic (exact) mass is 454 g/mol. The Hall–Kier alpha value is -1.70. The number of hydrogen-bond donors (Lipinski definition) is 2. The van der Waals surface area contributed by atoms with E-state index in [4.69, 9.17) is 0 Å². The van der Waals surface area contributed by atoms with Crippen LogP contribution >= 0.6 is 24.0 Å². The molecule has 4 nitrogen and oxygen atoms in total. The minimum Gasteiger partial charge on any atom is -0.356 e. The van der Waals surface area contributed by atoms with Gasteiger partial charge in [-0.3, -0.25) is 9.98 Å². The van der Waals surface area contributed by atoms with E-state index in [1.165, 1.54) is 17.7 Å². The first-order chi connectivity index (χ1) is 11.7. The highest BCUT2D eigenvalue weighted by atomic mass is 127. The molecule has 0 radical (unpaired) electrons. The van der Waals surface area contributed by atoms with Crippen molar-refractivity contribution in [1.29, 1.82) is 0 Å². The predicted octanol–water partition coefficient (Wildman–Crippen LogP) is 3.28. The van der Waals surface area contributed by atoms with Crippen LogP contribution in [0.2, 0.25) is 0 Å². The highest BCUT2D eigenvalue weighted by Gasteiger charge is 2.44. The van der Waals surface area contributed by atoms with Gasteiger partial charge in [0.2, 0.25) is 0 Å². The van der Waals surface area contributed by atoms with Gasteiger partial charge in [-0.05, 0) is 42.7 Å². The van der Waals surface area contributed by atoms with Gasteiger partial charge in [-0.2, -0.15) is 0 Å². The molecule has 0 amide bonds. The van der Waals surface area contributed by atoms with Gasteiger partial charge in [0, 0.05) is 43.9 Å². The second-order valence-electron chi connectivity index (χ2n) is 6.21. The molecule has 0 saturated heterocycles. The number of halogens is 2. The molecule has 0 spiro atoms. The van der Waals surface area contributed by atoms with Crippen molar-refractivity contribution >= 4 is 29.9 Å². The van der Waals surface area contributed by atoms with Gasteiger partial charge in [0.25, 0.3) is 0 Å². The Labute approximate surface area is 165 Å². The van der Waals surface area contributed by atoms with Crippen molar-refractivity contribution in [2.45, 2.75) is 24.7 Å². The molecule has 3 rings (SSSR count). The van der Waals surface area contributed by atoms with Gasteiger partial charge in [0.1, 0.15) is 5.82 Å². The summed E-state index contributed by atoms with van der Waals surface area (Å²) in [5, 5.41) is 6.71. The van der Waals surface area contributed by atoms with Gasteiger partial charge in [0.05, 0.1) is 0 Å². The van der Waals surface area contributed by atoms with Crippen molar-refractivity contribution in [3.8, 4) is 0 Å². The van der Waals surface area contributed by atoms with Crippen LogP contribution in [0, 0.1) is 5.82 Å². The van der Waals surface area contributed by atoms with E-state index in [-0.39, 0.29) is 35.2 Å². The molecule has 1 aliphatic carbocycles. The second kappa shape index (κ2) is 9.12. The van der Waals surface area contributed by atoms with Crippen molar-refractivity contribution in [1.82, 2.24) is 15.6 Å². The molecule has 1 heterocycles. The molecule has 0 aliphatic heterocycles. The van der Waals surface area contributed by atoms with E-state index in [2.05, 4.69) is 20.6 Å². The third-order valence-corrected chi connectivity index (χ3v) is 4.53. The van der Waals surface area contributed by atoms with Crippen molar-refractivity contribution in [3.63, 3.8) is 0 Å². The number of nitrogens with one attached hydrogen (secondary N) is 2. The number of aromatic nitrogens is 1. The van der Waals surface area contributed by atoms with Crippen molar-refractivity contribution in [2.75, 3.05) is 20.1 Å². The molecule has 1 aromatic heterocycles. The topological polar surface area (TPSA) is 49.3 Å². The molecular weight excluding hydrogens is 430 g/mol. The molecule has 1 aliphatic rings. The van der Waals surface area contributed by atoms with Crippen LogP contribution in [0.25, 0.3) is 0 Å². The molecule has 25 heavy (non-hydrogen) atoms. The normalized spacial score (nSPS) is 15.2. The molecule has 1 aromatic carbocycles. The van der Waals surface area contributed by atoms with Crippen LogP contribution < -0.4 is 10.6 Å². The summed E-state index contributed by atoms with van der Waals surface area (Å²) in [7, 11) is 1.77. The number of rotatable bonds is 6. The van der Waals surface area contributed by atoms with E-state index in [9.17, 15) is 4.39 Å². The van der Waals surface area contributed by atoms with E-state index < -0.39 is 0 Å². The van der Waals surface area contributed by atoms with Crippen LogP contribution in [0.3, 0.4) is 0 Å². The number of benzene rings is 1. The quantitative estimate of drug-likeness (QED) is 0.400. The van der Waals surface area contributed by atoms with E-state index >= 15 is 0 Å². The maximum atomic E-state index is 13.1. The first-order valence-corrected chi connectivity index (χ1v) is 8.32. The summed E-state index contributed by atoms with van der Waals surface area (Å²) in [6, 6.07) is 12.8. The minimum absolute atomic E-state index is 0. The highest BCUT2D eigenvalue weighted by molar-refractivity contribution is 14.0. The Morgan fingerprint density at radius 2 is 1.92 bits per heavy atom. The zero-order valence-electron chi connectivity index (χ0n) is 14.3. The van der Waals surface area contributed by atoms with Gasteiger partial charge in [-0.25, -0.2) is 4.39 Å². The molecule has 1 fully saturated rings. The Morgan fingerprint density at radius 3 is 2.52 bits per heavy atom. The van der Waals surface area contributed by atoms with Gasteiger partial charge in [-0.15, -0.1) is 24.0 Å². The zero-order valence-corrected chi connectivity index (χ0v) is 16.7. The summed E-state index contributed by atoms with van der Waals surface area (Å²) < 4.78 is 13.1. The van der Waals surface area contributed by atoms with E-state index in [1.54, 1.807) is 7.05 Å². The summed E-state index contributed by atoms with van der Waals surface area (Å²) in [5.74, 6) is 0.605. The van der Waals surface area contributed by atoms with Crippen LogP contribution in [0.15, 0.2) is 53.7 Å². The molecule has 1 saturated carbocycles. The fraction of sp³-hybridized carbons (Fsp3) is 0.368. The Kier molecular flexibility index (Phi) is 7.16. The number of guanidine groups is 1. The lowest BCUT2D eigenvalue weighted by atomic mass is 9.96. The fourth-order valence-corrected chi connectivity index (χ4v) is 2.85. The summed E-state index contributed by atoms with van der Waals surface area (Å²) in [5.41, 5.74) is 2.37. The van der Waals surface area contributed by atoms with E-state index in [0.29, 0.717) is 0 Å². The van der Waals surface area contributed by atoms with Crippen LogP contribution in [0.4, 0.5) is 4.39 Å². The zero-order chi connectivity index (χ0) is 16.8. The van der Waals surface area contributed by atoms with Crippen LogP contribution in [-0.4, -0.2) is 31.1 Å². The molecule has 134 valence electrons. The highest BCUT2D eigenvalue weighted by Crippen LogP contribution is 2.47. The van der Waals surface area contributed by atoms with Gasteiger partial charge in [-0.1, -0.05) is 18.2 Å². The number of nitrogens with zero attached hydrogens (tertiary/aromatic N) is 2. The predicted molar refractivity (Wildman–Crippen MR) is 110 cm³/mol. The maximum Gasteiger partial charge on any atom is 0.191 e. The van der Waals surface area contributed by atoms with Crippen LogP contribution in [0.5, 0.6) is 0 Å². The molecular formula is C19H24FIN4. The standard InChI is InChI=1S/C19H23FN4.HI/c1-21-18(23-13-9-17-4-2-3-12-22-17)24-14-19(10-11-19)15-5-7-16(20)8-6-15;/h2-8,12H,9-11,13-14H2,1H3,(H2,21,23,24);1H. The van der Waals surface area contributed by atoms with Crippen molar-refractivity contribution in [3.05, 3.63) is 65.7 Å². The third kappa shape index (κ3) is 5.39. The molecule has 0 unspecified atom stereocenters. The first-order valence-electron chi connectivity index (χ1n) is 8.32. The lowest BCUT2D eigenvalue weighted by Crippen LogP contribution is -2.42. The average Bonchev–Trinajstić information content (AvgIpc) is 3.40. The largest absolute Gasteiger partial charge is 0.356 e. The SMILES string of the molecule is CN=C(NCCc1ccccn1)NCC1(c2ccc(F)cc2)CC1.I. The summed E-state index contributed by atoms with van der Waals surface area (Å²) >= 11 is 0. The van der Waals surface area contributed by atoms with Gasteiger partial charge in [0.15, 0.2) is 5.96 Å². The minimum atomic E-state index is -0.186. The summed E-state index contributed by atoms with van der Waals surface area (Å²) in [6.07, 6.45) is 4.90.